The predicted octanol–water partition coefficient (Wildman–Crippen LogP) is 2.36. The molecular weight excluding hydrogens is 214 g/mol. The molecular formula is C14H19NO2. The second-order valence-corrected chi connectivity index (χ2v) is 3.86. The van der Waals surface area contributed by atoms with Crippen LogP contribution in [0.5, 0.6) is 5.75 Å². The van der Waals surface area contributed by atoms with Crippen LogP contribution in [0.3, 0.4) is 0 Å². The third kappa shape index (κ3) is 3.34. The molecule has 0 aromatic heterocycles. The van der Waals surface area contributed by atoms with Crippen molar-refractivity contribution in [3.05, 3.63) is 35.9 Å². The van der Waals surface area contributed by atoms with Crippen LogP contribution >= 0.6 is 0 Å². The van der Waals surface area contributed by atoms with Gasteiger partial charge in [-0.25, -0.2) is 0 Å². The maximum Gasteiger partial charge on any atom is 0.226 e. The zero-order valence-corrected chi connectivity index (χ0v) is 10.7. The van der Waals surface area contributed by atoms with E-state index in [9.17, 15) is 4.79 Å². The molecule has 92 valence electrons. The fourth-order valence-corrected chi connectivity index (χ4v) is 1.51. The Hall–Kier alpha value is -1.77. The van der Waals surface area contributed by atoms with Crippen molar-refractivity contribution in [2.45, 2.75) is 13.3 Å². The van der Waals surface area contributed by atoms with E-state index in [0.717, 1.165) is 16.9 Å². The van der Waals surface area contributed by atoms with E-state index < -0.39 is 0 Å². The number of nitrogens with zero attached hydrogens (tertiary/aromatic N) is 1. The monoisotopic (exact) mass is 233 g/mol. The van der Waals surface area contributed by atoms with Crippen LogP contribution in [0.1, 0.15) is 18.1 Å². The van der Waals surface area contributed by atoms with Crippen molar-refractivity contribution in [2.24, 2.45) is 0 Å². The Bertz CT molecular complexity index is 413. The minimum atomic E-state index is 0.0946. The van der Waals surface area contributed by atoms with Gasteiger partial charge in [-0.15, -0.1) is 0 Å². The van der Waals surface area contributed by atoms with E-state index >= 15 is 0 Å². The molecule has 0 bridgehead atoms. The molecule has 0 spiro atoms. The molecule has 0 unspecified atom stereocenters. The molecule has 3 heteroatoms. The van der Waals surface area contributed by atoms with Crippen molar-refractivity contribution < 1.29 is 9.53 Å². The summed E-state index contributed by atoms with van der Waals surface area (Å²) >= 11 is 0. The van der Waals surface area contributed by atoms with Gasteiger partial charge in [-0.2, -0.15) is 0 Å². The van der Waals surface area contributed by atoms with E-state index in [1.54, 1.807) is 25.1 Å². The average molecular weight is 233 g/mol. The van der Waals surface area contributed by atoms with Crippen molar-refractivity contribution in [2.75, 3.05) is 20.7 Å². The zero-order chi connectivity index (χ0) is 12.8. The van der Waals surface area contributed by atoms with E-state index in [1.165, 1.54) is 0 Å². The molecule has 0 aliphatic rings. The summed E-state index contributed by atoms with van der Waals surface area (Å²) < 4.78 is 5.28. The quantitative estimate of drug-likeness (QED) is 0.781. The van der Waals surface area contributed by atoms with E-state index in [-0.39, 0.29) is 5.91 Å². The molecule has 1 aromatic carbocycles. The zero-order valence-electron chi connectivity index (χ0n) is 10.7. The lowest BCUT2D eigenvalue weighted by atomic mass is 10.1. The predicted molar refractivity (Wildman–Crippen MR) is 70.1 cm³/mol. The van der Waals surface area contributed by atoms with Crippen LogP contribution in [0, 0.1) is 0 Å². The van der Waals surface area contributed by atoms with Crippen molar-refractivity contribution in [3.63, 3.8) is 0 Å². The molecule has 0 saturated heterocycles. The van der Waals surface area contributed by atoms with E-state index in [1.807, 2.05) is 25.1 Å². The van der Waals surface area contributed by atoms with Gasteiger partial charge in [-0.1, -0.05) is 24.8 Å². The first-order valence-corrected chi connectivity index (χ1v) is 5.65. The number of methoxy groups -OCH3 is 1. The first kappa shape index (κ1) is 13.3. The van der Waals surface area contributed by atoms with Gasteiger partial charge in [0.05, 0.1) is 13.5 Å². The largest absolute Gasteiger partial charge is 0.496 e. The van der Waals surface area contributed by atoms with Gasteiger partial charge in [0.15, 0.2) is 0 Å². The van der Waals surface area contributed by atoms with Crippen LogP contribution in [0.15, 0.2) is 24.8 Å². The summed E-state index contributed by atoms with van der Waals surface area (Å²) in [5.74, 6) is 0.831. The Morgan fingerprint density at radius 3 is 2.76 bits per heavy atom. The highest BCUT2D eigenvalue weighted by atomic mass is 16.5. The highest BCUT2D eigenvalue weighted by molar-refractivity contribution is 5.79. The van der Waals surface area contributed by atoms with E-state index in [4.69, 9.17) is 4.74 Å². The topological polar surface area (TPSA) is 29.5 Å². The number of hydrogen-bond donors (Lipinski definition) is 0. The minimum absolute atomic E-state index is 0.0946. The molecule has 1 rings (SSSR count). The van der Waals surface area contributed by atoms with Gasteiger partial charge < -0.3 is 9.64 Å². The van der Waals surface area contributed by atoms with Crippen molar-refractivity contribution in [1.29, 1.82) is 0 Å². The number of likely N-dealkylation sites (N-methyl/N-ethyl adjacent to an activating group) is 1. The normalized spacial score (nSPS) is 9.82. The Morgan fingerprint density at radius 2 is 2.24 bits per heavy atom. The Morgan fingerprint density at radius 1 is 1.53 bits per heavy atom. The highest BCUT2D eigenvalue weighted by Crippen LogP contribution is 2.21. The molecule has 0 heterocycles. The maximum atomic E-state index is 11.8. The number of benzene rings is 1. The van der Waals surface area contributed by atoms with Crippen molar-refractivity contribution >= 4 is 12.0 Å². The van der Waals surface area contributed by atoms with Gasteiger partial charge in [0.1, 0.15) is 5.75 Å². The molecule has 0 saturated carbocycles. The van der Waals surface area contributed by atoms with Gasteiger partial charge >= 0.3 is 0 Å². The fraction of sp³-hybridized carbons (Fsp3) is 0.357. The van der Waals surface area contributed by atoms with E-state index in [0.29, 0.717) is 13.0 Å². The summed E-state index contributed by atoms with van der Waals surface area (Å²) in [7, 11) is 3.41. The van der Waals surface area contributed by atoms with Crippen LogP contribution in [-0.4, -0.2) is 31.5 Å². The molecule has 0 fully saturated rings. The number of ether oxygens (including phenoxy) is 1. The van der Waals surface area contributed by atoms with E-state index in [2.05, 4.69) is 6.58 Å². The van der Waals surface area contributed by atoms with Crippen molar-refractivity contribution in [3.8, 4) is 5.75 Å². The number of carbonyl (C=O) groups excluding carboxylic acids is 1. The SMILES string of the molecule is C=Cc1ccc(CC(=O)N(C)CC)c(OC)c1. The Kier molecular flexibility index (Phi) is 4.76. The standard InChI is InChI=1S/C14H19NO2/c1-5-11-7-8-12(13(9-11)17-4)10-14(16)15(3)6-2/h5,7-9H,1,6,10H2,2-4H3. The molecule has 0 atom stereocenters. The average Bonchev–Trinajstić information content (AvgIpc) is 2.37. The van der Waals surface area contributed by atoms with Crippen LogP contribution < -0.4 is 4.74 Å². The Labute approximate surface area is 103 Å². The summed E-state index contributed by atoms with van der Waals surface area (Å²) in [4.78, 5) is 13.5. The second kappa shape index (κ2) is 6.09. The summed E-state index contributed by atoms with van der Waals surface area (Å²) in [5, 5.41) is 0. The third-order valence-electron chi connectivity index (χ3n) is 2.79. The number of amides is 1. The summed E-state index contributed by atoms with van der Waals surface area (Å²) in [6.07, 6.45) is 2.12. The maximum absolute atomic E-state index is 11.8. The van der Waals surface area contributed by atoms with Gasteiger partial charge in [-0.05, 0) is 18.6 Å². The molecule has 1 aromatic rings. The van der Waals surface area contributed by atoms with Gasteiger partial charge in [0.25, 0.3) is 0 Å². The fourth-order valence-electron chi connectivity index (χ4n) is 1.51. The van der Waals surface area contributed by atoms with Gasteiger partial charge in [-0.3, -0.25) is 4.79 Å². The lowest BCUT2D eigenvalue weighted by Gasteiger charge is -2.15. The van der Waals surface area contributed by atoms with Crippen LogP contribution in [0.2, 0.25) is 0 Å². The van der Waals surface area contributed by atoms with Crippen molar-refractivity contribution in [1.82, 2.24) is 4.90 Å². The van der Waals surface area contributed by atoms with Crippen LogP contribution in [0.25, 0.3) is 6.08 Å². The van der Waals surface area contributed by atoms with Gasteiger partial charge in [0, 0.05) is 19.2 Å². The molecule has 0 radical (unpaired) electrons. The number of hydrogen-bond acceptors (Lipinski definition) is 2. The first-order chi connectivity index (χ1) is 8.12. The third-order valence-corrected chi connectivity index (χ3v) is 2.79. The Balaban J connectivity index is 2.90. The first-order valence-electron chi connectivity index (χ1n) is 5.65. The number of rotatable bonds is 5. The number of carbonyl (C=O) groups is 1. The molecule has 0 aliphatic carbocycles. The van der Waals surface area contributed by atoms with Crippen LogP contribution in [-0.2, 0) is 11.2 Å². The molecule has 17 heavy (non-hydrogen) atoms. The molecule has 0 aliphatic heterocycles. The van der Waals surface area contributed by atoms with Crippen LogP contribution in [0.4, 0.5) is 0 Å². The smallest absolute Gasteiger partial charge is 0.226 e. The molecule has 1 amide bonds. The second-order valence-electron chi connectivity index (χ2n) is 3.86. The lowest BCUT2D eigenvalue weighted by molar-refractivity contribution is -0.129. The highest BCUT2D eigenvalue weighted by Gasteiger charge is 2.11. The summed E-state index contributed by atoms with van der Waals surface area (Å²) in [5.41, 5.74) is 1.89. The lowest BCUT2D eigenvalue weighted by Crippen LogP contribution is -2.27. The molecule has 3 nitrogen and oxygen atoms in total. The molecule has 0 N–H and O–H groups in total. The van der Waals surface area contributed by atoms with Gasteiger partial charge in [0.2, 0.25) is 5.91 Å². The summed E-state index contributed by atoms with van der Waals surface area (Å²) in [6.45, 7) is 6.38. The summed E-state index contributed by atoms with van der Waals surface area (Å²) in [6, 6.07) is 5.74. The minimum Gasteiger partial charge on any atom is -0.496 e.